The molecule has 0 bridgehead atoms. The zero-order chi connectivity index (χ0) is 18.3. The van der Waals surface area contributed by atoms with Gasteiger partial charge in [0, 0.05) is 31.9 Å². The smallest absolute Gasteiger partial charge is 0.254 e. The van der Waals surface area contributed by atoms with Crippen molar-refractivity contribution in [3.05, 3.63) is 53.0 Å². The van der Waals surface area contributed by atoms with Crippen LogP contribution in [0.25, 0.3) is 0 Å². The number of aromatic nitrogens is 3. The second kappa shape index (κ2) is 6.57. The number of carbonyl (C=O) groups is 1. The molecule has 1 amide bonds. The number of carbonyl (C=O) groups excluding carboxylic acids is 1. The first-order valence-electron chi connectivity index (χ1n) is 8.96. The molecule has 0 saturated carbocycles. The van der Waals surface area contributed by atoms with Gasteiger partial charge in [-0.15, -0.1) is 0 Å². The van der Waals surface area contributed by atoms with E-state index in [1.165, 1.54) is 11.9 Å². The lowest BCUT2D eigenvalue weighted by Gasteiger charge is -2.36. The summed E-state index contributed by atoms with van der Waals surface area (Å²) in [6.45, 7) is 7.30. The number of amides is 1. The van der Waals surface area contributed by atoms with Crippen LogP contribution >= 0.6 is 0 Å². The van der Waals surface area contributed by atoms with Crippen molar-refractivity contribution in [3.63, 3.8) is 0 Å². The molecule has 26 heavy (non-hydrogen) atoms. The van der Waals surface area contributed by atoms with Crippen molar-refractivity contribution in [3.8, 4) is 0 Å². The third-order valence-electron chi connectivity index (χ3n) is 5.21. The zero-order valence-electron chi connectivity index (χ0n) is 15.4. The number of nitrogens with one attached hydrogen (secondary N) is 1. The Labute approximate surface area is 153 Å². The molecular formula is C19H24N6O. The van der Waals surface area contributed by atoms with Gasteiger partial charge in [-0.2, -0.15) is 10.1 Å². The summed E-state index contributed by atoms with van der Waals surface area (Å²) in [7, 11) is 2.09. The Hall–Kier alpha value is -2.67. The SMILES string of the molecule is CC1=C(C(=O)N2CCN(C)CC2)C(c2ccc(C)cc2)n2ncnc2N1. The molecule has 0 radical (unpaired) electrons. The van der Waals surface area contributed by atoms with Crippen LogP contribution in [0.15, 0.2) is 41.9 Å². The quantitative estimate of drug-likeness (QED) is 0.890. The van der Waals surface area contributed by atoms with Gasteiger partial charge in [0.1, 0.15) is 12.4 Å². The fraction of sp³-hybridized carbons (Fsp3) is 0.421. The number of nitrogens with zero attached hydrogens (tertiary/aromatic N) is 5. The fourth-order valence-electron chi connectivity index (χ4n) is 3.60. The molecule has 0 aliphatic carbocycles. The molecule has 1 fully saturated rings. The van der Waals surface area contributed by atoms with E-state index in [4.69, 9.17) is 0 Å². The molecule has 1 aromatic heterocycles. The maximum absolute atomic E-state index is 13.4. The van der Waals surface area contributed by atoms with E-state index in [-0.39, 0.29) is 11.9 Å². The zero-order valence-corrected chi connectivity index (χ0v) is 15.4. The molecule has 4 rings (SSSR count). The van der Waals surface area contributed by atoms with Crippen LogP contribution in [0, 0.1) is 6.92 Å². The number of hydrogen-bond donors (Lipinski definition) is 1. The highest BCUT2D eigenvalue weighted by Gasteiger charge is 2.35. The summed E-state index contributed by atoms with van der Waals surface area (Å²) in [4.78, 5) is 21.9. The van der Waals surface area contributed by atoms with Crippen LogP contribution in [0.3, 0.4) is 0 Å². The van der Waals surface area contributed by atoms with E-state index in [2.05, 4.69) is 58.5 Å². The maximum atomic E-state index is 13.4. The van der Waals surface area contributed by atoms with Crippen LogP contribution in [0.5, 0.6) is 0 Å². The number of aryl methyl sites for hydroxylation is 1. The van der Waals surface area contributed by atoms with Gasteiger partial charge < -0.3 is 15.1 Å². The van der Waals surface area contributed by atoms with Gasteiger partial charge in [0.05, 0.1) is 5.57 Å². The Kier molecular flexibility index (Phi) is 4.24. The standard InChI is InChI=1S/C19H24N6O/c1-13-4-6-15(7-5-13)17-16(14(2)22-19-20-12-21-25(17)19)18(26)24-10-8-23(3)9-11-24/h4-7,12,17H,8-11H2,1-3H3,(H,20,21,22). The third-order valence-corrected chi connectivity index (χ3v) is 5.21. The summed E-state index contributed by atoms with van der Waals surface area (Å²) in [5, 5.41) is 7.63. The van der Waals surface area contributed by atoms with E-state index >= 15 is 0 Å². The van der Waals surface area contributed by atoms with Crippen molar-refractivity contribution in [1.29, 1.82) is 0 Å². The second-order valence-electron chi connectivity index (χ2n) is 7.10. The van der Waals surface area contributed by atoms with E-state index in [0.717, 1.165) is 43.0 Å². The first-order valence-corrected chi connectivity index (χ1v) is 8.96. The monoisotopic (exact) mass is 352 g/mol. The molecule has 2 aromatic rings. The Morgan fingerprint density at radius 1 is 1.12 bits per heavy atom. The Morgan fingerprint density at radius 3 is 2.50 bits per heavy atom. The number of allylic oxidation sites excluding steroid dienone is 1. The van der Waals surface area contributed by atoms with Crippen molar-refractivity contribution < 1.29 is 4.79 Å². The van der Waals surface area contributed by atoms with Crippen molar-refractivity contribution in [2.75, 3.05) is 38.5 Å². The highest BCUT2D eigenvalue weighted by atomic mass is 16.2. The summed E-state index contributed by atoms with van der Waals surface area (Å²) in [6, 6.07) is 8.02. The lowest BCUT2D eigenvalue weighted by molar-refractivity contribution is -0.129. The van der Waals surface area contributed by atoms with E-state index in [9.17, 15) is 4.79 Å². The molecule has 1 N–H and O–H groups in total. The summed E-state index contributed by atoms with van der Waals surface area (Å²) >= 11 is 0. The third kappa shape index (κ3) is 2.88. The number of rotatable bonds is 2. The highest BCUT2D eigenvalue weighted by Crippen LogP contribution is 2.35. The average Bonchev–Trinajstić information content (AvgIpc) is 3.09. The molecule has 7 nitrogen and oxygen atoms in total. The molecule has 1 atom stereocenters. The number of fused-ring (bicyclic) bond motifs is 1. The van der Waals surface area contributed by atoms with Crippen LogP contribution in [0.1, 0.15) is 24.1 Å². The Balaban J connectivity index is 1.75. The van der Waals surface area contributed by atoms with Gasteiger partial charge in [-0.25, -0.2) is 4.68 Å². The summed E-state index contributed by atoms with van der Waals surface area (Å²) < 4.78 is 1.81. The Morgan fingerprint density at radius 2 is 1.81 bits per heavy atom. The number of likely N-dealkylation sites (N-methyl/N-ethyl adjacent to an activating group) is 1. The molecule has 2 aliphatic heterocycles. The molecule has 1 aromatic carbocycles. The minimum atomic E-state index is -0.262. The molecule has 136 valence electrons. The molecule has 1 unspecified atom stereocenters. The van der Waals surface area contributed by atoms with Crippen LogP contribution in [-0.2, 0) is 4.79 Å². The van der Waals surface area contributed by atoms with Gasteiger partial charge in [0.15, 0.2) is 0 Å². The normalized spacial score (nSPS) is 20.7. The lowest BCUT2D eigenvalue weighted by atomic mass is 9.94. The number of anilines is 1. The van der Waals surface area contributed by atoms with Gasteiger partial charge in [0.2, 0.25) is 5.95 Å². The predicted octanol–water partition coefficient (Wildman–Crippen LogP) is 1.65. The van der Waals surface area contributed by atoms with E-state index in [0.29, 0.717) is 5.95 Å². The van der Waals surface area contributed by atoms with Crippen LogP contribution < -0.4 is 5.32 Å². The van der Waals surface area contributed by atoms with E-state index in [1.807, 2.05) is 11.8 Å². The van der Waals surface area contributed by atoms with Crippen LogP contribution in [0.2, 0.25) is 0 Å². The minimum absolute atomic E-state index is 0.0785. The van der Waals surface area contributed by atoms with E-state index < -0.39 is 0 Å². The molecule has 3 heterocycles. The maximum Gasteiger partial charge on any atom is 0.254 e. The minimum Gasteiger partial charge on any atom is -0.336 e. The number of piperazine rings is 1. The van der Waals surface area contributed by atoms with Crippen molar-refractivity contribution in [2.45, 2.75) is 19.9 Å². The first-order chi connectivity index (χ1) is 12.5. The molecule has 7 heteroatoms. The van der Waals surface area contributed by atoms with Crippen molar-refractivity contribution >= 4 is 11.9 Å². The van der Waals surface area contributed by atoms with Gasteiger partial charge in [-0.05, 0) is 26.5 Å². The fourth-order valence-corrected chi connectivity index (χ4v) is 3.60. The number of hydrogen-bond acceptors (Lipinski definition) is 5. The summed E-state index contributed by atoms with van der Waals surface area (Å²) in [5.74, 6) is 0.748. The summed E-state index contributed by atoms with van der Waals surface area (Å²) in [5.41, 5.74) is 3.83. The molecule has 2 aliphatic rings. The summed E-state index contributed by atoms with van der Waals surface area (Å²) in [6.07, 6.45) is 1.53. The van der Waals surface area contributed by atoms with Gasteiger partial charge >= 0.3 is 0 Å². The van der Waals surface area contributed by atoms with Crippen LogP contribution in [0.4, 0.5) is 5.95 Å². The predicted molar refractivity (Wildman–Crippen MR) is 99.7 cm³/mol. The average molecular weight is 352 g/mol. The lowest BCUT2D eigenvalue weighted by Crippen LogP contribution is -2.49. The molecule has 1 saturated heterocycles. The topological polar surface area (TPSA) is 66.3 Å². The molecule has 0 spiro atoms. The first kappa shape index (κ1) is 16.8. The van der Waals surface area contributed by atoms with Gasteiger partial charge in [-0.1, -0.05) is 29.8 Å². The molecular weight excluding hydrogens is 328 g/mol. The van der Waals surface area contributed by atoms with Crippen molar-refractivity contribution in [2.24, 2.45) is 0 Å². The van der Waals surface area contributed by atoms with Crippen molar-refractivity contribution in [1.82, 2.24) is 24.6 Å². The largest absolute Gasteiger partial charge is 0.336 e. The van der Waals surface area contributed by atoms with Gasteiger partial charge in [0.25, 0.3) is 5.91 Å². The Bertz CT molecular complexity index is 845. The van der Waals surface area contributed by atoms with Crippen LogP contribution in [-0.4, -0.2) is 63.7 Å². The van der Waals surface area contributed by atoms with E-state index in [1.54, 1.807) is 4.68 Å². The number of benzene rings is 1. The highest BCUT2D eigenvalue weighted by molar-refractivity contribution is 5.96. The van der Waals surface area contributed by atoms with Gasteiger partial charge in [-0.3, -0.25) is 4.79 Å². The second-order valence-corrected chi connectivity index (χ2v) is 7.10.